The summed E-state index contributed by atoms with van der Waals surface area (Å²) in [5.74, 6) is -0.991. The second-order valence-electron chi connectivity index (χ2n) is 2.38. The molecular formula is C8H13O5. The average Bonchev–Trinajstić information content (AvgIpc) is 2.10. The zero-order valence-electron chi connectivity index (χ0n) is 7.65. The van der Waals surface area contributed by atoms with Crippen LogP contribution in [-0.4, -0.2) is 36.4 Å². The van der Waals surface area contributed by atoms with E-state index in [1.165, 1.54) is 20.3 Å². The number of hydrogen-bond donors (Lipinski definition) is 1. The van der Waals surface area contributed by atoms with E-state index in [2.05, 4.69) is 9.47 Å². The lowest BCUT2D eigenvalue weighted by molar-refractivity contribution is -0.148. The molecular weight excluding hydrogens is 176 g/mol. The van der Waals surface area contributed by atoms with Crippen LogP contribution in [-0.2, 0) is 19.1 Å². The summed E-state index contributed by atoms with van der Waals surface area (Å²) in [6.45, 7) is 2.43. The Labute approximate surface area is 76.6 Å². The molecule has 0 fully saturated rings. The van der Waals surface area contributed by atoms with Gasteiger partial charge in [-0.1, -0.05) is 6.92 Å². The van der Waals surface area contributed by atoms with Crippen molar-refractivity contribution in [2.75, 3.05) is 13.2 Å². The molecule has 0 aromatic heterocycles. The van der Waals surface area contributed by atoms with Gasteiger partial charge in [-0.3, -0.25) is 9.59 Å². The van der Waals surface area contributed by atoms with Crippen molar-refractivity contribution in [2.24, 2.45) is 0 Å². The van der Waals surface area contributed by atoms with Crippen molar-refractivity contribution in [3.05, 3.63) is 6.42 Å². The Kier molecular flexibility index (Phi) is 5.88. The maximum absolute atomic E-state index is 10.6. The van der Waals surface area contributed by atoms with E-state index in [1.807, 2.05) is 0 Å². The van der Waals surface area contributed by atoms with E-state index in [0.717, 1.165) is 0 Å². The Morgan fingerprint density at radius 2 is 1.92 bits per heavy atom. The van der Waals surface area contributed by atoms with Crippen molar-refractivity contribution in [3.8, 4) is 0 Å². The first kappa shape index (κ1) is 11.9. The predicted octanol–water partition coefficient (Wildman–Crippen LogP) is -0.322. The molecule has 0 aromatic rings. The molecule has 75 valence electrons. The van der Waals surface area contributed by atoms with E-state index in [4.69, 9.17) is 5.11 Å². The lowest BCUT2D eigenvalue weighted by atomic mass is 10.4. The van der Waals surface area contributed by atoms with Gasteiger partial charge in [0.05, 0.1) is 6.42 Å². The molecule has 0 aliphatic heterocycles. The minimum absolute atomic E-state index is 0.160. The Bertz CT molecular complexity index is 177. The fourth-order valence-electron chi connectivity index (χ4n) is 0.523. The Balaban J connectivity index is 3.45. The van der Waals surface area contributed by atoms with Gasteiger partial charge in [-0.2, -0.15) is 0 Å². The number of aliphatic hydroxyl groups is 1. The van der Waals surface area contributed by atoms with Crippen LogP contribution >= 0.6 is 0 Å². The number of rotatable bonds is 5. The number of carbonyl (C=O) groups is 2. The lowest BCUT2D eigenvalue weighted by Crippen LogP contribution is -2.24. The van der Waals surface area contributed by atoms with Crippen LogP contribution in [0.3, 0.4) is 0 Å². The van der Waals surface area contributed by atoms with E-state index in [-0.39, 0.29) is 13.2 Å². The van der Waals surface area contributed by atoms with Crippen LogP contribution in [0.1, 0.15) is 13.8 Å². The highest BCUT2D eigenvalue weighted by molar-refractivity contribution is 5.78. The predicted molar refractivity (Wildman–Crippen MR) is 43.6 cm³/mol. The Morgan fingerprint density at radius 1 is 1.38 bits per heavy atom. The van der Waals surface area contributed by atoms with Gasteiger partial charge in [-0.05, 0) is 0 Å². The Hall–Kier alpha value is -1.10. The standard InChI is InChI=1S/C8H13O5/c1-3-8(11)13-5-7(10)4-12-6(2)9/h3,7,10H,4-5H2,1-2H3. The van der Waals surface area contributed by atoms with Gasteiger partial charge in [-0.15, -0.1) is 0 Å². The minimum atomic E-state index is -0.965. The fourth-order valence-corrected chi connectivity index (χ4v) is 0.523. The summed E-state index contributed by atoms with van der Waals surface area (Å²) in [4.78, 5) is 20.9. The maximum atomic E-state index is 10.6. The number of hydrogen-bond acceptors (Lipinski definition) is 5. The third kappa shape index (κ3) is 7.27. The summed E-state index contributed by atoms with van der Waals surface area (Å²) < 4.78 is 9.03. The second kappa shape index (κ2) is 6.42. The summed E-state index contributed by atoms with van der Waals surface area (Å²) in [7, 11) is 0. The molecule has 0 spiro atoms. The van der Waals surface area contributed by atoms with Crippen molar-refractivity contribution in [1.82, 2.24) is 0 Å². The van der Waals surface area contributed by atoms with Crippen LogP contribution in [0.4, 0.5) is 0 Å². The first-order valence-electron chi connectivity index (χ1n) is 3.83. The third-order valence-electron chi connectivity index (χ3n) is 1.13. The van der Waals surface area contributed by atoms with Gasteiger partial charge in [0, 0.05) is 6.92 Å². The van der Waals surface area contributed by atoms with Crippen molar-refractivity contribution < 1.29 is 24.2 Å². The van der Waals surface area contributed by atoms with E-state index in [1.54, 1.807) is 0 Å². The Morgan fingerprint density at radius 3 is 2.38 bits per heavy atom. The molecule has 0 saturated heterocycles. The zero-order valence-corrected chi connectivity index (χ0v) is 7.65. The SMILES string of the molecule is C[CH]C(=O)OCC(O)COC(C)=O. The topological polar surface area (TPSA) is 72.8 Å². The smallest absolute Gasteiger partial charge is 0.309 e. The van der Waals surface area contributed by atoms with Gasteiger partial charge in [0.15, 0.2) is 0 Å². The molecule has 0 amide bonds. The number of aliphatic hydroxyl groups excluding tert-OH is 1. The van der Waals surface area contributed by atoms with Crippen molar-refractivity contribution in [1.29, 1.82) is 0 Å². The molecule has 1 radical (unpaired) electrons. The van der Waals surface area contributed by atoms with Gasteiger partial charge in [0.25, 0.3) is 0 Å². The maximum Gasteiger partial charge on any atom is 0.309 e. The average molecular weight is 189 g/mol. The van der Waals surface area contributed by atoms with Gasteiger partial charge < -0.3 is 14.6 Å². The normalized spacial score (nSPS) is 11.9. The first-order chi connectivity index (χ1) is 6.06. The van der Waals surface area contributed by atoms with E-state index >= 15 is 0 Å². The van der Waals surface area contributed by atoms with Crippen molar-refractivity contribution in [3.63, 3.8) is 0 Å². The highest BCUT2D eigenvalue weighted by Gasteiger charge is 2.08. The second-order valence-corrected chi connectivity index (χ2v) is 2.38. The van der Waals surface area contributed by atoms with Crippen LogP contribution in [0.2, 0.25) is 0 Å². The minimum Gasteiger partial charge on any atom is -0.463 e. The molecule has 1 atom stereocenters. The summed E-state index contributed by atoms with van der Waals surface area (Å²) in [5.41, 5.74) is 0. The van der Waals surface area contributed by atoms with E-state index < -0.39 is 18.0 Å². The van der Waals surface area contributed by atoms with Crippen LogP contribution in [0.15, 0.2) is 0 Å². The first-order valence-corrected chi connectivity index (χ1v) is 3.83. The zero-order chi connectivity index (χ0) is 10.3. The summed E-state index contributed by atoms with van der Waals surface area (Å²) >= 11 is 0. The molecule has 0 rings (SSSR count). The van der Waals surface area contributed by atoms with E-state index in [9.17, 15) is 9.59 Å². The molecule has 0 heterocycles. The third-order valence-corrected chi connectivity index (χ3v) is 1.13. The van der Waals surface area contributed by atoms with Gasteiger partial charge >= 0.3 is 11.9 Å². The monoisotopic (exact) mass is 189 g/mol. The highest BCUT2D eigenvalue weighted by Crippen LogP contribution is 1.90. The molecule has 13 heavy (non-hydrogen) atoms. The van der Waals surface area contributed by atoms with Crippen molar-refractivity contribution in [2.45, 2.75) is 20.0 Å². The number of ether oxygens (including phenoxy) is 2. The molecule has 0 aliphatic carbocycles. The highest BCUT2D eigenvalue weighted by atomic mass is 16.6. The van der Waals surface area contributed by atoms with Gasteiger partial charge in [0.1, 0.15) is 19.3 Å². The largest absolute Gasteiger partial charge is 0.463 e. The quantitative estimate of drug-likeness (QED) is 0.600. The fraction of sp³-hybridized carbons (Fsp3) is 0.625. The number of carbonyl (C=O) groups excluding carboxylic acids is 2. The van der Waals surface area contributed by atoms with Gasteiger partial charge in [0.2, 0.25) is 0 Å². The van der Waals surface area contributed by atoms with Crippen LogP contribution in [0.5, 0.6) is 0 Å². The van der Waals surface area contributed by atoms with E-state index in [0.29, 0.717) is 0 Å². The van der Waals surface area contributed by atoms with Crippen LogP contribution in [0, 0.1) is 6.42 Å². The summed E-state index contributed by atoms with van der Waals surface area (Å²) in [5, 5.41) is 9.07. The molecule has 1 unspecified atom stereocenters. The molecule has 5 heteroatoms. The molecule has 5 nitrogen and oxygen atoms in total. The van der Waals surface area contributed by atoms with Crippen LogP contribution < -0.4 is 0 Å². The molecule has 1 N–H and O–H groups in total. The van der Waals surface area contributed by atoms with Crippen molar-refractivity contribution >= 4 is 11.9 Å². The molecule has 0 aliphatic rings. The molecule has 0 bridgehead atoms. The summed E-state index contributed by atoms with van der Waals surface area (Å²) in [6, 6.07) is 0. The summed E-state index contributed by atoms with van der Waals surface area (Å²) in [6.07, 6.45) is 0.270. The number of esters is 2. The van der Waals surface area contributed by atoms with Gasteiger partial charge in [-0.25, -0.2) is 0 Å². The van der Waals surface area contributed by atoms with Crippen LogP contribution in [0.25, 0.3) is 0 Å². The molecule has 0 aromatic carbocycles. The lowest BCUT2D eigenvalue weighted by Gasteiger charge is -2.10. The molecule has 0 saturated carbocycles.